The van der Waals surface area contributed by atoms with Gasteiger partial charge in [0.05, 0.1) is 5.41 Å². The third-order valence-corrected chi connectivity index (χ3v) is 11.9. The van der Waals surface area contributed by atoms with E-state index < -0.39 is 0 Å². The summed E-state index contributed by atoms with van der Waals surface area (Å²) in [4.78, 5) is 0. The van der Waals surface area contributed by atoms with E-state index in [2.05, 4.69) is 182 Å². The summed E-state index contributed by atoms with van der Waals surface area (Å²) in [5, 5.41) is 4.94. The van der Waals surface area contributed by atoms with Crippen molar-refractivity contribution in [1.29, 1.82) is 0 Å². The molecular formula is C51H30O. The van der Waals surface area contributed by atoms with E-state index in [9.17, 15) is 0 Å². The summed E-state index contributed by atoms with van der Waals surface area (Å²) in [5.74, 6) is 1.83. The van der Waals surface area contributed by atoms with E-state index in [1.54, 1.807) is 0 Å². The first kappa shape index (κ1) is 28.0. The van der Waals surface area contributed by atoms with Crippen molar-refractivity contribution in [3.8, 4) is 67.1 Å². The van der Waals surface area contributed by atoms with E-state index in [1.165, 1.54) is 93.9 Å². The average Bonchev–Trinajstić information content (AvgIpc) is 3.67. The number of fused-ring (bicyclic) bond motifs is 13. The molecule has 0 aromatic heterocycles. The molecule has 9 aromatic rings. The molecule has 3 aliphatic rings. The zero-order valence-electron chi connectivity index (χ0n) is 28.2. The summed E-state index contributed by atoms with van der Waals surface area (Å²) >= 11 is 0. The summed E-state index contributed by atoms with van der Waals surface area (Å²) in [6.45, 7) is 0. The number of rotatable bonds is 2. The van der Waals surface area contributed by atoms with Crippen molar-refractivity contribution < 1.29 is 4.74 Å². The zero-order valence-corrected chi connectivity index (χ0v) is 28.2. The van der Waals surface area contributed by atoms with Gasteiger partial charge >= 0.3 is 0 Å². The van der Waals surface area contributed by atoms with Gasteiger partial charge in [0.1, 0.15) is 11.5 Å². The predicted octanol–water partition coefficient (Wildman–Crippen LogP) is 13.4. The van der Waals surface area contributed by atoms with Crippen molar-refractivity contribution in [2.24, 2.45) is 0 Å². The molecule has 1 spiro atoms. The fraction of sp³-hybridized carbons (Fsp3) is 0.0196. The van der Waals surface area contributed by atoms with Crippen LogP contribution in [0.25, 0.3) is 77.2 Å². The van der Waals surface area contributed by atoms with Crippen LogP contribution >= 0.6 is 0 Å². The topological polar surface area (TPSA) is 9.23 Å². The molecule has 0 fully saturated rings. The van der Waals surface area contributed by atoms with Crippen LogP contribution in [0.2, 0.25) is 0 Å². The Labute approximate surface area is 302 Å². The van der Waals surface area contributed by atoms with Gasteiger partial charge in [0.25, 0.3) is 0 Å². The molecule has 0 radical (unpaired) electrons. The molecule has 240 valence electrons. The van der Waals surface area contributed by atoms with E-state index in [0.717, 1.165) is 17.1 Å². The van der Waals surface area contributed by atoms with Crippen LogP contribution in [0.3, 0.4) is 0 Å². The Morgan fingerprint density at radius 3 is 1.75 bits per heavy atom. The highest BCUT2D eigenvalue weighted by Gasteiger charge is 2.52. The fourth-order valence-electron chi connectivity index (χ4n) is 9.70. The number of hydrogen-bond acceptors (Lipinski definition) is 1. The van der Waals surface area contributed by atoms with Gasteiger partial charge in [-0.05, 0) is 119 Å². The summed E-state index contributed by atoms with van der Waals surface area (Å²) < 4.78 is 6.39. The molecule has 0 bridgehead atoms. The molecule has 1 unspecified atom stereocenters. The summed E-state index contributed by atoms with van der Waals surface area (Å²) in [6.07, 6.45) is 0. The lowest BCUT2D eigenvalue weighted by Gasteiger charge is -2.30. The van der Waals surface area contributed by atoms with Gasteiger partial charge in [0.15, 0.2) is 0 Å². The normalized spacial score (nSPS) is 15.5. The number of benzene rings is 9. The van der Waals surface area contributed by atoms with Crippen molar-refractivity contribution >= 4 is 21.5 Å². The highest BCUT2D eigenvalue weighted by Crippen LogP contribution is 2.64. The van der Waals surface area contributed by atoms with Crippen molar-refractivity contribution in [2.45, 2.75) is 5.41 Å². The smallest absolute Gasteiger partial charge is 0.135 e. The lowest BCUT2D eigenvalue weighted by molar-refractivity contribution is 0.487. The van der Waals surface area contributed by atoms with Crippen molar-refractivity contribution in [3.63, 3.8) is 0 Å². The highest BCUT2D eigenvalue weighted by molar-refractivity contribution is 6.05. The van der Waals surface area contributed by atoms with Gasteiger partial charge in [0, 0.05) is 10.9 Å². The monoisotopic (exact) mass is 658 g/mol. The van der Waals surface area contributed by atoms with Crippen molar-refractivity contribution in [3.05, 3.63) is 204 Å². The first-order valence-corrected chi connectivity index (χ1v) is 18.1. The molecule has 2 aliphatic carbocycles. The molecule has 1 aliphatic heterocycles. The number of ether oxygens (including phenoxy) is 1. The third-order valence-electron chi connectivity index (χ3n) is 11.9. The van der Waals surface area contributed by atoms with Crippen molar-refractivity contribution in [2.75, 3.05) is 0 Å². The minimum absolute atomic E-state index is 0.384. The molecule has 1 heteroatoms. The minimum Gasteiger partial charge on any atom is -0.456 e. The molecule has 0 amide bonds. The second kappa shape index (κ2) is 10.2. The first-order valence-electron chi connectivity index (χ1n) is 18.1. The van der Waals surface area contributed by atoms with Crippen LogP contribution < -0.4 is 4.74 Å². The van der Waals surface area contributed by atoms with Crippen LogP contribution in [0.5, 0.6) is 11.5 Å². The van der Waals surface area contributed by atoms with Gasteiger partial charge in [-0.3, -0.25) is 0 Å². The summed E-state index contributed by atoms with van der Waals surface area (Å²) in [6, 6.07) is 67.3. The van der Waals surface area contributed by atoms with Gasteiger partial charge in [-0.1, -0.05) is 152 Å². The highest BCUT2D eigenvalue weighted by atomic mass is 16.5. The molecule has 1 heterocycles. The predicted molar refractivity (Wildman–Crippen MR) is 214 cm³/mol. The van der Waals surface area contributed by atoms with Crippen LogP contribution in [0, 0.1) is 0 Å². The molecule has 1 nitrogen and oxygen atoms in total. The third kappa shape index (κ3) is 3.57. The Morgan fingerprint density at radius 2 is 0.904 bits per heavy atom. The van der Waals surface area contributed by atoms with E-state index in [0.29, 0.717) is 0 Å². The lowest BCUT2D eigenvalue weighted by atomic mass is 9.70. The quantitative estimate of drug-likeness (QED) is 0.180. The Hall–Kier alpha value is -6.70. The second-order valence-corrected chi connectivity index (χ2v) is 14.4. The Morgan fingerprint density at radius 1 is 0.308 bits per heavy atom. The second-order valence-electron chi connectivity index (χ2n) is 14.4. The zero-order chi connectivity index (χ0) is 34.0. The molecule has 1 atom stereocenters. The molecular weight excluding hydrogens is 629 g/mol. The van der Waals surface area contributed by atoms with E-state index >= 15 is 0 Å². The maximum absolute atomic E-state index is 6.39. The standard InChI is InChI=1S/C51H30O/c1-2-11-35-30-46-41(28-34(35)10-1)38-14-3-5-18-43(38)51(46)44-19-6-4-15-40(44)50-37(16-9-20-45(50)51)32-24-22-31(23-25-32)36-26-27-47-42(29-36)39-17-7-12-33-13-8-21-48(52-47)49(33)39/h1-30H. The van der Waals surface area contributed by atoms with Gasteiger partial charge in [-0.25, -0.2) is 0 Å². The van der Waals surface area contributed by atoms with E-state index in [1.807, 2.05) is 0 Å². The molecule has 12 rings (SSSR count). The molecule has 9 aromatic carbocycles. The molecule has 52 heavy (non-hydrogen) atoms. The maximum Gasteiger partial charge on any atom is 0.135 e. The van der Waals surface area contributed by atoms with Crippen LogP contribution in [-0.4, -0.2) is 0 Å². The molecule has 0 saturated carbocycles. The van der Waals surface area contributed by atoms with Crippen LogP contribution in [0.15, 0.2) is 182 Å². The maximum atomic E-state index is 6.39. The van der Waals surface area contributed by atoms with Gasteiger partial charge < -0.3 is 4.74 Å². The van der Waals surface area contributed by atoms with Gasteiger partial charge in [-0.2, -0.15) is 0 Å². The van der Waals surface area contributed by atoms with E-state index in [4.69, 9.17) is 4.74 Å². The Bertz CT molecular complexity index is 2980. The summed E-state index contributed by atoms with van der Waals surface area (Å²) in [5.41, 5.74) is 17.6. The lowest BCUT2D eigenvalue weighted by Crippen LogP contribution is -2.25. The van der Waals surface area contributed by atoms with E-state index in [-0.39, 0.29) is 5.41 Å². The van der Waals surface area contributed by atoms with Crippen LogP contribution in [0.4, 0.5) is 0 Å². The Kier molecular flexibility index (Phi) is 5.49. The average molecular weight is 659 g/mol. The fourth-order valence-corrected chi connectivity index (χ4v) is 9.70. The number of hydrogen-bond donors (Lipinski definition) is 0. The first-order chi connectivity index (χ1) is 25.8. The SMILES string of the molecule is c1ccc2c(c1)-c1cc3ccccc3cc1C21c2ccccc2-c2c(-c3ccc(-c4ccc5c(c4)-c4cccc6cccc(c46)O5)cc3)cccc21. The largest absolute Gasteiger partial charge is 0.456 e. The minimum atomic E-state index is -0.384. The Balaban J connectivity index is 1.02. The molecule has 0 N–H and O–H groups in total. The van der Waals surface area contributed by atoms with Crippen LogP contribution in [0.1, 0.15) is 22.3 Å². The molecule has 0 saturated heterocycles. The van der Waals surface area contributed by atoms with Gasteiger partial charge in [-0.15, -0.1) is 0 Å². The van der Waals surface area contributed by atoms with Crippen LogP contribution in [-0.2, 0) is 5.41 Å². The van der Waals surface area contributed by atoms with Gasteiger partial charge in [0.2, 0.25) is 0 Å². The van der Waals surface area contributed by atoms with Crippen molar-refractivity contribution in [1.82, 2.24) is 0 Å². The summed E-state index contributed by atoms with van der Waals surface area (Å²) in [7, 11) is 0.